The summed E-state index contributed by atoms with van der Waals surface area (Å²) in [6.07, 6.45) is 2.17. The Kier molecular flexibility index (Phi) is 21.1. The number of carbonyl (C=O) groups is 3. The predicted molar refractivity (Wildman–Crippen MR) is 174 cm³/mol. The number of ether oxygens (including phenoxy) is 1. The fourth-order valence-corrected chi connectivity index (χ4v) is 3.99. The smallest absolute Gasteiger partial charge is 0.240 e. The van der Waals surface area contributed by atoms with Crippen molar-refractivity contribution in [2.24, 2.45) is 5.92 Å². The molecule has 0 saturated carbocycles. The van der Waals surface area contributed by atoms with Gasteiger partial charge in [-0.3, -0.25) is 14.4 Å². The van der Waals surface area contributed by atoms with Gasteiger partial charge < -0.3 is 25.6 Å². The van der Waals surface area contributed by atoms with Crippen LogP contribution in [-0.2, 0) is 20.8 Å². The molecule has 0 aliphatic carbocycles. The second-order valence-corrected chi connectivity index (χ2v) is 10.4. The van der Waals surface area contributed by atoms with Gasteiger partial charge in [-0.15, -0.1) is 0 Å². The maximum Gasteiger partial charge on any atom is 0.240 e. The van der Waals surface area contributed by atoms with Gasteiger partial charge in [0.2, 0.25) is 17.7 Å². The van der Waals surface area contributed by atoms with Crippen LogP contribution in [0.2, 0.25) is 0 Å². The van der Waals surface area contributed by atoms with Crippen molar-refractivity contribution in [2.75, 3.05) is 33.2 Å². The molecule has 0 aromatic heterocycles. The highest BCUT2D eigenvalue weighted by molar-refractivity contribution is 5.89. The minimum absolute atomic E-state index is 0.0189. The maximum absolute atomic E-state index is 13.7. The van der Waals surface area contributed by atoms with Gasteiger partial charge in [0, 0.05) is 26.2 Å². The number of carbonyl (C=O) groups excluding carboxylic acids is 3. The minimum Gasteiger partial charge on any atom is -0.489 e. The van der Waals surface area contributed by atoms with Crippen molar-refractivity contribution < 1.29 is 27.9 Å². The van der Waals surface area contributed by atoms with Crippen LogP contribution in [0, 0.1) is 24.5 Å². The zero-order valence-electron chi connectivity index (χ0n) is 28.1. The fourth-order valence-electron chi connectivity index (χ4n) is 3.99. The number of halogens is 2. The van der Waals surface area contributed by atoms with E-state index in [2.05, 4.69) is 22.9 Å². The van der Waals surface area contributed by atoms with E-state index < -0.39 is 11.9 Å². The van der Waals surface area contributed by atoms with Crippen LogP contribution in [0.4, 0.5) is 8.78 Å². The summed E-state index contributed by atoms with van der Waals surface area (Å²) in [5.41, 5.74) is 2.04. The summed E-state index contributed by atoms with van der Waals surface area (Å²) in [5.74, 6) is -0.888. The molecule has 3 amide bonds. The van der Waals surface area contributed by atoms with Gasteiger partial charge >= 0.3 is 0 Å². The van der Waals surface area contributed by atoms with Gasteiger partial charge in [0.1, 0.15) is 23.5 Å². The van der Waals surface area contributed by atoms with Crippen LogP contribution in [0.3, 0.4) is 0 Å². The van der Waals surface area contributed by atoms with Gasteiger partial charge in [-0.1, -0.05) is 71.2 Å². The van der Waals surface area contributed by atoms with Gasteiger partial charge in [0.25, 0.3) is 0 Å². The third-order valence-electron chi connectivity index (χ3n) is 6.57. The van der Waals surface area contributed by atoms with Crippen LogP contribution in [-0.4, -0.2) is 68.0 Å². The molecule has 2 rings (SSSR count). The molecular formula is C34H54F2N4O4. The minimum atomic E-state index is -0.514. The number of hydrogen-bond acceptors (Lipinski definition) is 5. The zero-order valence-corrected chi connectivity index (χ0v) is 28.1. The summed E-state index contributed by atoms with van der Waals surface area (Å²) in [6, 6.07) is 10.5. The first-order chi connectivity index (χ1) is 20.9. The summed E-state index contributed by atoms with van der Waals surface area (Å²) in [5, 5.41) is 8.39. The Labute approximate surface area is 263 Å². The van der Waals surface area contributed by atoms with Crippen LogP contribution < -0.4 is 20.7 Å². The molecular weight excluding hydrogens is 566 g/mol. The van der Waals surface area contributed by atoms with Crippen molar-refractivity contribution in [1.82, 2.24) is 20.9 Å². The average Bonchev–Trinajstić information content (AvgIpc) is 3.00. The van der Waals surface area contributed by atoms with Crippen LogP contribution in [0.1, 0.15) is 72.4 Å². The second-order valence-electron chi connectivity index (χ2n) is 10.4. The molecule has 0 aliphatic rings. The van der Waals surface area contributed by atoms with E-state index in [-0.39, 0.29) is 48.6 Å². The van der Waals surface area contributed by atoms with Crippen molar-refractivity contribution in [3.63, 3.8) is 0 Å². The van der Waals surface area contributed by atoms with E-state index in [4.69, 9.17) is 4.74 Å². The van der Waals surface area contributed by atoms with Crippen molar-refractivity contribution in [3.8, 4) is 5.75 Å². The standard InChI is InChI=1S/C25H41FN4O4.C7H7F.C2H6/c1-7-10-19-11-12-20(26)13-21(19)34-18(5)14-29-24(17(4)8-2)25(33)30(6)16-23(32)28-15-22(31)27-9-3;1-6-2-4-7(8)5-3-6;1-2/h11-13,17-18,24,29H,7-10,14-16H2,1-6H3,(H,27,31)(H,28,32);2-5H,1H3;1-2H3/t17?,18-,24?;;/m1../s1. The van der Waals surface area contributed by atoms with E-state index in [9.17, 15) is 23.2 Å². The lowest BCUT2D eigenvalue weighted by atomic mass is 9.97. The predicted octanol–water partition coefficient (Wildman–Crippen LogP) is 5.42. The Morgan fingerprint density at radius 1 is 0.909 bits per heavy atom. The molecule has 0 saturated heterocycles. The van der Waals surface area contributed by atoms with Crippen LogP contribution >= 0.6 is 0 Å². The molecule has 2 unspecified atom stereocenters. The van der Waals surface area contributed by atoms with E-state index >= 15 is 0 Å². The first-order valence-electron chi connectivity index (χ1n) is 15.6. The summed E-state index contributed by atoms with van der Waals surface area (Å²) in [6.45, 7) is 16.2. The van der Waals surface area contributed by atoms with Gasteiger partial charge in [-0.05, 0) is 56.9 Å². The first-order valence-corrected chi connectivity index (χ1v) is 15.6. The van der Waals surface area contributed by atoms with E-state index in [1.54, 1.807) is 32.2 Å². The molecule has 0 radical (unpaired) electrons. The average molecular weight is 621 g/mol. The van der Waals surface area contributed by atoms with Gasteiger partial charge in [0.05, 0.1) is 19.1 Å². The maximum atomic E-state index is 13.7. The summed E-state index contributed by atoms with van der Waals surface area (Å²) < 4.78 is 31.8. The molecule has 2 aromatic carbocycles. The highest BCUT2D eigenvalue weighted by atomic mass is 19.1. The number of amides is 3. The SMILES string of the molecule is CC.CCCc1ccc(F)cc1O[C@H](C)CNC(C(=O)N(C)CC(=O)NCC(=O)NCC)C(C)CC.Cc1ccc(F)cc1. The van der Waals surface area contributed by atoms with Gasteiger partial charge in [0.15, 0.2) is 0 Å². The lowest BCUT2D eigenvalue weighted by Crippen LogP contribution is -2.52. The van der Waals surface area contributed by atoms with E-state index in [0.717, 1.165) is 30.4 Å². The molecule has 3 N–H and O–H groups in total. The van der Waals surface area contributed by atoms with Crippen molar-refractivity contribution >= 4 is 17.7 Å². The van der Waals surface area contributed by atoms with Crippen LogP contribution in [0.5, 0.6) is 5.75 Å². The second kappa shape index (κ2) is 22.9. The van der Waals surface area contributed by atoms with E-state index in [1.165, 1.54) is 29.2 Å². The largest absolute Gasteiger partial charge is 0.489 e. The number of hydrogen-bond donors (Lipinski definition) is 3. The highest BCUT2D eigenvalue weighted by Gasteiger charge is 2.28. The molecule has 248 valence electrons. The first kappa shape index (κ1) is 40.5. The highest BCUT2D eigenvalue weighted by Crippen LogP contribution is 2.23. The molecule has 44 heavy (non-hydrogen) atoms. The number of aryl methyl sites for hydroxylation is 2. The van der Waals surface area contributed by atoms with E-state index in [0.29, 0.717) is 18.8 Å². The Hall–Kier alpha value is -3.53. The van der Waals surface area contributed by atoms with Gasteiger partial charge in [-0.25, -0.2) is 8.78 Å². The quantitative estimate of drug-likeness (QED) is 0.247. The van der Waals surface area contributed by atoms with Crippen molar-refractivity contribution in [2.45, 2.75) is 86.8 Å². The molecule has 0 fully saturated rings. The van der Waals surface area contributed by atoms with E-state index in [1.807, 2.05) is 41.5 Å². The molecule has 8 nitrogen and oxygen atoms in total. The van der Waals surface area contributed by atoms with Gasteiger partial charge in [-0.2, -0.15) is 0 Å². The Morgan fingerprint density at radius 3 is 2.07 bits per heavy atom. The molecule has 3 atom stereocenters. The Bertz CT molecular complexity index is 1090. The monoisotopic (exact) mass is 620 g/mol. The normalized spacial score (nSPS) is 12.2. The van der Waals surface area contributed by atoms with Crippen LogP contribution in [0.15, 0.2) is 42.5 Å². The third kappa shape index (κ3) is 16.4. The lowest BCUT2D eigenvalue weighted by molar-refractivity contribution is -0.137. The number of nitrogens with one attached hydrogen (secondary N) is 3. The topological polar surface area (TPSA) is 99.8 Å². The number of nitrogens with zero attached hydrogens (tertiary/aromatic N) is 1. The summed E-state index contributed by atoms with van der Waals surface area (Å²) >= 11 is 0. The Morgan fingerprint density at radius 2 is 1.52 bits per heavy atom. The summed E-state index contributed by atoms with van der Waals surface area (Å²) in [4.78, 5) is 38.1. The molecule has 2 aromatic rings. The molecule has 0 heterocycles. The molecule has 0 aliphatic heterocycles. The molecule has 10 heteroatoms. The molecule has 0 bridgehead atoms. The summed E-state index contributed by atoms with van der Waals surface area (Å²) in [7, 11) is 1.56. The number of benzene rings is 2. The van der Waals surface area contributed by atoms with Crippen LogP contribution in [0.25, 0.3) is 0 Å². The fraction of sp³-hybridized carbons (Fsp3) is 0.559. The lowest BCUT2D eigenvalue weighted by Gasteiger charge is -2.29. The Balaban J connectivity index is 0.00000157. The molecule has 0 spiro atoms. The third-order valence-corrected chi connectivity index (χ3v) is 6.57. The van der Waals surface area contributed by atoms with Crippen molar-refractivity contribution in [3.05, 3.63) is 65.2 Å². The zero-order chi connectivity index (χ0) is 33.7. The number of likely N-dealkylation sites (N-methyl/N-ethyl adjacent to an activating group) is 2. The number of rotatable bonds is 15. The van der Waals surface area contributed by atoms with Crippen molar-refractivity contribution in [1.29, 1.82) is 0 Å².